The summed E-state index contributed by atoms with van der Waals surface area (Å²) in [6.07, 6.45) is 16.1. The lowest BCUT2D eigenvalue weighted by Gasteiger charge is -2.18. The molecule has 0 aromatic carbocycles. The van der Waals surface area contributed by atoms with Gasteiger partial charge in [-0.25, -0.2) is 0 Å². The monoisotopic (exact) mass is 376 g/mol. The van der Waals surface area contributed by atoms with Crippen LogP contribution in [0.3, 0.4) is 0 Å². The van der Waals surface area contributed by atoms with Gasteiger partial charge in [0.2, 0.25) is 0 Å². The third-order valence-electron chi connectivity index (χ3n) is 4.07. The summed E-state index contributed by atoms with van der Waals surface area (Å²) in [6.45, 7) is 4.46. The molecule has 0 aliphatic rings. The molecule has 0 saturated heterocycles. The second-order valence-electron chi connectivity index (χ2n) is 6.31. The normalized spacial score (nSPS) is 11.1. The molecule has 0 atom stereocenters. The fourth-order valence-corrected chi connectivity index (χ4v) is 3.04. The number of hydrogen-bond acceptors (Lipinski definition) is 2. The van der Waals surface area contributed by atoms with Crippen LogP contribution in [0.5, 0.6) is 0 Å². The van der Waals surface area contributed by atoms with Crippen molar-refractivity contribution in [3.63, 3.8) is 0 Å². The summed E-state index contributed by atoms with van der Waals surface area (Å²) in [5.41, 5.74) is 0. The minimum atomic E-state index is 0.0190. The first-order valence-corrected chi connectivity index (χ1v) is 10.6. The molecule has 0 spiro atoms. The Balaban J connectivity index is 3.94. The first-order valence-electron chi connectivity index (χ1n) is 9.50. The van der Waals surface area contributed by atoms with Crippen molar-refractivity contribution in [2.45, 2.75) is 110 Å². The molecule has 0 N–H and O–H groups in total. The van der Waals surface area contributed by atoms with Gasteiger partial charge in [-0.2, -0.15) is 0 Å². The lowest BCUT2D eigenvalue weighted by atomic mass is 10.0. The molecule has 132 valence electrons. The number of ether oxygens (including phenoxy) is 1. The van der Waals surface area contributed by atoms with E-state index in [2.05, 4.69) is 29.8 Å². The second-order valence-corrected chi connectivity index (χ2v) is 7.10. The first kappa shape index (κ1) is 21.9. The number of rotatable bonds is 16. The van der Waals surface area contributed by atoms with Gasteiger partial charge < -0.3 is 4.74 Å². The summed E-state index contributed by atoms with van der Waals surface area (Å²) in [4.78, 5) is 12.0. The summed E-state index contributed by atoms with van der Waals surface area (Å²) >= 11 is 3.42. The van der Waals surface area contributed by atoms with Crippen molar-refractivity contribution < 1.29 is 9.53 Å². The fourth-order valence-electron chi connectivity index (χ4n) is 2.65. The number of esters is 1. The molecule has 0 aliphatic carbocycles. The summed E-state index contributed by atoms with van der Waals surface area (Å²) in [5, 5.41) is 1.03. The van der Waals surface area contributed by atoms with Crippen molar-refractivity contribution >= 4 is 21.9 Å². The van der Waals surface area contributed by atoms with Gasteiger partial charge in [-0.05, 0) is 38.5 Å². The van der Waals surface area contributed by atoms with Crippen LogP contribution >= 0.6 is 15.9 Å². The van der Waals surface area contributed by atoms with E-state index < -0.39 is 0 Å². The number of hydrogen-bond donors (Lipinski definition) is 0. The molecule has 0 aromatic heterocycles. The summed E-state index contributed by atoms with van der Waals surface area (Å²) in [5.74, 6) is 0.0190. The highest BCUT2D eigenvalue weighted by atomic mass is 79.9. The molecule has 0 radical (unpaired) electrons. The lowest BCUT2D eigenvalue weighted by Crippen LogP contribution is -2.18. The number of halogens is 1. The number of unbranched alkanes of at least 4 members (excludes halogenated alkanes) is 8. The Labute approximate surface area is 146 Å². The van der Waals surface area contributed by atoms with Crippen LogP contribution in [0.4, 0.5) is 0 Å². The van der Waals surface area contributed by atoms with Crippen molar-refractivity contribution in [1.82, 2.24) is 0 Å². The molecular formula is C19H37BrO2. The predicted molar refractivity (Wildman–Crippen MR) is 99.7 cm³/mol. The number of carbonyl (C=O) groups excluding carboxylic acids is 1. The van der Waals surface area contributed by atoms with E-state index in [0.29, 0.717) is 6.42 Å². The Hall–Kier alpha value is -0.0500. The van der Waals surface area contributed by atoms with Gasteiger partial charge in [0.15, 0.2) is 0 Å². The number of alkyl halides is 1. The van der Waals surface area contributed by atoms with Crippen molar-refractivity contribution in [2.24, 2.45) is 0 Å². The van der Waals surface area contributed by atoms with Crippen molar-refractivity contribution in [1.29, 1.82) is 0 Å². The quantitative estimate of drug-likeness (QED) is 0.168. The topological polar surface area (TPSA) is 26.3 Å². The van der Waals surface area contributed by atoms with Gasteiger partial charge in [-0.15, -0.1) is 0 Å². The molecule has 2 nitrogen and oxygen atoms in total. The van der Waals surface area contributed by atoms with E-state index >= 15 is 0 Å². The maximum absolute atomic E-state index is 12.0. The first-order chi connectivity index (χ1) is 10.7. The molecule has 0 unspecified atom stereocenters. The molecule has 3 heteroatoms. The fraction of sp³-hybridized carbons (Fsp3) is 0.947. The molecule has 0 bridgehead atoms. The largest absolute Gasteiger partial charge is 0.462 e. The van der Waals surface area contributed by atoms with Gasteiger partial charge in [0.05, 0.1) is 0 Å². The standard InChI is InChI=1S/C19H37BrO2/c1-3-5-7-10-14-18(15-11-8-6-4-2)22-19(21)16-12-9-13-17-20/h18H,3-17H2,1-2H3. The van der Waals surface area contributed by atoms with E-state index in [4.69, 9.17) is 4.74 Å². The third kappa shape index (κ3) is 14.9. The molecular weight excluding hydrogens is 340 g/mol. The minimum Gasteiger partial charge on any atom is -0.462 e. The van der Waals surface area contributed by atoms with E-state index in [1.807, 2.05) is 0 Å². The highest BCUT2D eigenvalue weighted by Crippen LogP contribution is 2.16. The average molecular weight is 377 g/mol. The van der Waals surface area contributed by atoms with Crippen LogP contribution in [-0.4, -0.2) is 17.4 Å². The van der Waals surface area contributed by atoms with Gasteiger partial charge in [0.1, 0.15) is 6.10 Å². The van der Waals surface area contributed by atoms with E-state index in [1.54, 1.807) is 0 Å². The van der Waals surface area contributed by atoms with Crippen LogP contribution in [0.25, 0.3) is 0 Å². The second kappa shape index (κ2) is 17.3. The Bertz CT molecular complexity index is 232. The van der Waals surface area contributed by atoms with Gasteiger partial charge in [-0.3, -0.25) is 4.79 Å². The van der Waals surface area contributed by atoms with Crippen molar-refractivity contribution in [3.05, 3.63) is 0 Å². The van der Waals surface area contributed by atoms with Gasteiger partial charge in [-0.1, -0.05) is 74.7 Å². The van der Waals surface area contributed by atoms with Crippen molar-refractivity contribution in [2.75, 3.05) is 5.33 Å². The van der Waals surface area contributed by atoms with E-state index in [1.165, 1.54) is 51.4 Å². The zero-order valence-corrected chi connectivity index (χ0v) is 16.5. The van der Waals surface area contributed by atoms with Crippen molar-refractivity contribution in [3.8, 4) is 0 Å². The smallest absolute Gasteiger partial charge is 0.306 e. The highest BCUT2D eigenvalue weighted by molar-refractivity contribution is 9.09. The van der Waals surface area contributed by atoms with Crippen LogP contribution in [0.2, 0.25) is 0 Å². The van der Waals surface area contributed by atoms with Crippen LogP contribution in [0.1, 0.15) is 104 Å². The Morgan fingerprint density at radius 2 is 1.36 bits per heavy atom. The van der Waals surface area contributed by atoms with E-state index in [9.17, 15) is 4.79 Å². The molecule has 0 rings (SSSR count). The van der Waals surface area contributed by atoms with Gasteiger partial charge in [0.25, 0.3) is 0 Å². The molecule has 0 aromatic rings. The van der Waals surface area contributed by atoms with Crippen LogP contribution in [-0.2, 0) is 9.53 Å². The lowest BCUT2D eigenvalue weighted by molar-refractivity contribution is -0.150. The molecule has 0 heterocycles. The minimum absolute atomic E-state index is 0.0190. The van der Waals surface area contributed by atoms with Crippen LogP contribution in [0.15, 0.2) is 0 Å². The zero-order valence-electron chi connectivity index (χ0n) is 14.9. The van der Waals surface area contributed by atoms with Crippen LogP contribution < -0.4 is 0 Å². The molecule has 0 fully saturated rings. The average Bonchev–Trinajstić information content (AvgIpc) is 2.52. The summed E-state index contributed by atoms with van der Waals surface area (Å²) in [7, 11) is 0. The molecule has 22 heavy (non-hydrogen) atoms. The SMILES string of the molecule is CCCCCCC(CCCCCC)OC(=O)CCCCCBr. The Morgan fingerprint density at radius 1 is 0.818 bits per heavy atom. The van der Waals surface area contributed by atoms with E-state index in [-0.39, 0.29) is 12.1 Å². The zero-order chi connectivity index (χ0) is 16.5. The Morgan fingerprint density at radius 3 is 1.86 bits per heavy atom. The van der Waals surface area contributed by atoms with Gasteiger partial charge >= 0.3 is 5.97 Å². The van der Waals surface area contributed by atoms with Crippen LogP contribution in [0, 0.1) is 0 Å². The van der Waals surface area contributed by atoms with E-state index in [0.717, 1.165) is 37.4 Å². The van der Waals surface area contributed by atoms with Gasteiger partial charge in [0, 0.05) is 11.8 Å². The molecule has 0 saturated carbocycles. The third-order valence-corrected chi connectivity index (χ3v) is 4.63. The molecule has 0 amide bonds. The predicted octanol–water partition coefficient (Wildman–Crippen LogP) is 6.79. The maximum atomic E-state index is 12.0. The Kier molecular flexibility index (Phi) is 17.3. The summed E-state index contributed by atoms with van der Waals surface area (Å²) in [6, 6.07) is 0. The highest BCUT2D eigenvalue weighted by Gasteiger charge is 2.13. The maximum Gasteiger partial charge on any atom is 0.306 e. The number of carbonyl (C=O) groups is 1. The molecule has 0 aliphatic heterocycles. The summed E-state index contributed by atoms with van der Waals surface area (Å²) < 4.78 is 5.74.